The molecule has 0 bridgehead atoms. The topological polar surface area (TPSA) is 37.3 Å². The summed E-state index contributed by atoms with van der Waals surface area (Å²) in [7, 11) is -2.68. The van der Waals surface area contributed by atoms with Crippen LogP contribution in [0, 0.1) is 5.92 Å². The molecular weight excluding hydrogens is 315 g/mol. The highest BCUT2D eigenvalue weighted by atomic mass is 31.2. The van der Waals surface area contributed by atoms with E-state index in [1.807, 2.05) is 48.5 Å². The molecule has 124 valence electrons. The van der Waals surface area contributed by atoms with Crippen molar-refractivity contribution in [3.63, 3.8) is 0 Å². The average molecular weight is 338 g/mol. The molecule has 2 aliphatic rings. The van der Waals surface area contributed by atoms with E-state index in [2.05, 4.69) is 12.1 Å². The molecule has 4 rings (SSSR count). The summed E-state index contributed by atoms with van der Waals surface area (Å²) in [5.41, 5.74) is 2.15. The normalized spacial score (nSPS) is 29.5. The number of hydrogen-bond acceptors (Lipinski definition) is 2. The lowest BCUT2D eigenvalue weighted by Gasteiger charge is -2.30. The number of rotatable bonds is 3. The lowest BCUT2D eigenvalue weighted by Crippen LogP contribution is -2.22. The third-order valence-electron chi connectivity index (χ3n) is 5.55. The molecule has 2 aromatic carbocycles. The van der Waals surface area contributed by atoms with Gasteiger partial charge in [0.1, 0.15) is 12.9 Å². The highest BCUT2D eigenvalue weighted by Gasteiger charge is 2.51. The van der Waals surface area contributed by atoms with Crippen LogP contribution in [0.15, 0.2) is 66.4 Å². The number of aliphatic hydroxyl groups excluding tert-OH is 1. The van der Waals surface area contributed by atoms with Gasteiger partial charge in [-0.05, 0) is 24.0 Å². The average Bonchev–Trinajstić information content (AvgIpc) is 2.84. The van der Waals surface area contributed by atoms with E-state index >= 15 is 0 Å². The lowest BCUT2D eigenvalue weighted by molar-refractivity contribution is 0.288. The SMILES string of the molecule is O=P1(Cc2ccccc2)C(c2ccccc2)=C(O)C2CCCCC21. The van der Waals surface area contributed by atoms with Gasteiger partial charge in [-0.3, -0.25) is 0 Å². The fourth-order valence-corrected chi connectivity index (χ4v) is 8.57. The van der Waals surface area contributed by atoms with Gasteiger partial charge in [0.2, 0.25) is 0 Å². The van der Waals surface area contributed by atoms with Crippen molar-refractivity contribution < 1.29 is 9.67 Å². The van der Waals surface area contributed by atoms with Gasteiger partial charge in [0.25, 0.3) is 0 Å². The molecule has 0 amide bonds. The van der Waals surface area contributed by atoms with Crippen LogP contribution in [0.1, 0.15) is 36.8 Å². The standard InChI is InChI=1S/C21H23O2P/c22-20-18-13-7-8-14-19(18)24(23,15-16-9-3-1-4-10-16)21(20)17-11-5-2-6-12-17/h1-6,9-12,18-19,22H,7-8,13-15H2. The van der Waals surface area contributed by atoms with Crippen LogP contribution in [0.25, 0.3) is 5.31 Å². The molecule has 0 radical (unpaired) electrons. The molecule has 0 aromatic heterocycles. The van der Waals surface area contributed by atoms with E-state index in [1.165, 1.54) is 0 Å². The Morgan fingerprint density at radius 2 is 1.54 bits per heavy atom. The Bertz CT molecular complexity index is 795. The van der Waals surface area contributed by atoms with Gasteiger partial charge in [0.05, 0.1) is 5.31 Å². The van der Waals surface area contributed by atoms with E-state index in [-0.39, 0.29) is 11.6 Å². The second kappa shape index (κ2) is 6.26. The Balaban J connectivity index is 1.83. The van der Waals surface area contributed by atoms with Gasteiger partial charge in [-0.15, -0.1) is 0 Å². The second-order valence-corrected chi connectivity index (χ2v) is 10.0. The molecule has 1 aliphatic heterocycles. The number of benzene rings is 2. The molecule has 1 saturated carbocycles. The Morgan fingerprint density at radius 3 is 2.25 bits per heavy atom. The zero-order valence-electron chi connectivity index (χ0n) is 13.8. The second-order valence-electron chi connectivity index (χ2n) is 7.00. The fourth-order valence-electron chi connectivity index (χ4n) is 4.48. The summed E-state index contributed by atoms with van der Waals surface area (Å²) in [5, 5.41) is 11.7. The molecule has 1 N–H and O–H groups in total. The highest BCUT2D eigenvalue weighted by molar-refractivity contribution is 7.74. The van der Waals surface area contributed by atoms with Crippen molar-refractivity contribution in [2.24, 2.45) is 5.92 Å². The molecule has 3 atom stereocenters. The molecule has 3 unspecified atom stereocenters. The monoisotopic (exact) mass is 338 g/mol. The van der Waals surface area contributed by atoms with Crippen LogP contribution in [0.3, 0.4) is 0 Å². The number of aliphatic hydroxyl groups is 1. The van der Waals surface area contributed by atoms with Crippen LogP contribution >= 0.6 is 7.14 Å². The van der Waals surface area contributed by atoms with E-state index in [0.29, 0.717) is 11.9 Å². The minimum atomic E-state index is -2.68. The van der Waals surface area contributed by atoms with Gasteiger partial charge in [-0.1, -0.05) is 73.5 Å². The van der Waals surface area contributed by atoms with E-state index in [9.17, 15) is 9.67 Å². The first-order chi connectivity index (χ1) is 11.7. The van der Waals surface area contributed by atoms with Crippen molar-refractivity contribution in [3.05, 3.63) is 77.5 Å². The number of hydrogen-bond donors (Lipinski definition) is 1. The largest absolute Gasteiger partial charge is 0.511 e. The van der Waals surface area contributed by atoms with Crippen LogP contribution in [-0.2, 0) is 10.7 Å². The van der Waals surface area contributed by atoms with Crippen molar-refractivity contribution in [2.75, 3.05) is 0 Å². The van der Waals surface area contributed by atoms with Crippen molar-refractivity contribution in [2.45, 2.75) is 37.5 Å². The van der Waals surface area contributed by atoms with Crippen molar-refractivity contribution in [1.29, 1.82) is 0 Å². The molecule has 1 heterocycles. The Labute approximate surface area is 143 Å². The van der Waals surface area contributed by atoms with Crippen LogP contribution in [0.4, 0.5) is 0 Å². The molecule has 2 aromatic rings. The molecule has 1 fully saturated rings. The molecule has 0 spiro atoms. The Hall–Kier alpha value is -1.79. The maximum atomic E-state index is 14.3. The Kier molecular flexibility index (Phi) is 4.10. The molecule has 24 heavy (non-hydrogen) atoms. The van der Waals surface area contributed by atoms with E-state index < -0.39 is 7.14 Å². The lowest BCUT2D eigenvalue weighted by atomic mass is 9.87. The van der Waals surface area contributed by atoms with Crippen LogP contribution in [0.5, 0.6) is 0 Å². The van der Waals surface area contributed by atoms with Crippen molar-refractivity contribution in [1.82, 2.24) is 0 Å². The van der Waals surface area contributed by atoms with Crippen molar-refractivity contribution in [3.8, 4) is 0 Å². The molecule has 1 aliphatic carbocycles. The smallest absolute Gasteiger partial charge is 0.127 e. The summed E-state index contributed by atoms with van der Waals surface area (Å²) in [4.78, 5) is 0. The van der Waals surface area contributed by atoms with E-state index in [1.54, 1.807) is 0 Å². The number of fused-ring (bicyclic) bond motifs is 1. The minimum Gasteiger partial charge on any atom is -0.511 e. The van der Waals surface area contributed by atoms with Crippen LogP contribution in [0.2, 0.25) is 0 Å². The number of allylic oxidation sites excluding steroid dienone is 1. The summed E-state index contributed by atoms with van der Waals surface area (Å²) < 4.78 is 14.3. The molecular formula is C21H23O2P. The Morgan fingerprint density at radius 1 is 0.917 bits per heavy atom. The third-order valence-corrected chi connectivity index (χ3v) is 9.31. The van der Waals surface area contributed by atoms with Crippen molar-refractivity contribution >= 4 is 12.5 Å². The highest BCUT2D eigenvalue weighted by Crippen LogP contribution is 2.74. The quantitative estimate of drug-likeness (QED) is 0.692. The first-order valence-electron chi connectivity index (χ1n) is 8.82. The van der Waals surface area contributed by atoms with Gasteiger partial charge in [0.15, 0.2) is 0 Å². The van der Waals surface area contributed by atoms with Gasteiger partial charge in [-0.25, -0.2) is 0 Å². The minimum absolute atomic E-state index is 0.0866. The van der Waals surface area contributed by atoms with E-state index in [0.717, 1.165) is 42.1 Å². The predicted octanol–water partition coefficient (Wildman–Crippen LogP) is 6.05. The zero-order valence-corrected chi connectivity index (χ0v) is 14.7. The molecule has 3 heteroatoms. The van der Waals surface area contributed by atoms with Gasteiger partial charge < -0.3 is 9.67 Å². The molecule has 0 saturated heterocycles. The van der Waals surface area contributed by atoms with Gasteiger partial charge in [-0.2, -0.15) is 0 Å². The van der Waals surface area contributed by atoms with Gasteiger partial charge >= 0.3 is 0 Å². The molecule has 2 nitrogen and oxygen atoms in total. The third kappa shape index (κ3) is 2.54. The summed E-state index contributed by atoms with van der Waals surface area (Å²) in [5.74, 6) is 0.494. The summed E-state index contributed by atoms with van der Waals surface area (Å²) in [6.45, 7) is 0. The summed E-state index contributed by atoms with van der Waals surface area (Å²) >= 11 is 0. The summed E-state index contributed by atoms with van der Waals surface area (Å²) in [6.07, 6.45) is 4.73. The van der Waals surface area contributed by atoms with Gasteiger partial charge in [0, 0.05) is 17.7 Å². The fraction of sp³-hybridized carbons (Fsp3) is 0.333. The zero-order chi connectivity index (χ0) is 16.6. The predicted molar refractivity (Wildman–Crippen MR) is 99.5 cm³/mol. The first-order valence-corrected chi connectivity index (χ1v) is 10.8. The maximum Gasteiger partial charge on any atom is 0.127 e. The summed E-state index contributed by atoms with van der Waals surface area (Å²) in [6, 6.07) is 20.0. The first kappa shape index (κ1) is 15.7. The van der Waals surface area contributed by atoms with Crippen LogP contribution < -0.4 is 0 Å². The maximum absolute atomic E-state index is 14.3. The van der Waals surface area contributed by atoms with Crippen LogP contribution in [-0.4, -0.2) is 10.8 Å². The van der Waals surface area contributed by atoms with E-state index in [4.69, 9.17) is 0 Å².